The monoisotopic (exact) mass is 289 g/mol. The SMILES string of the molecule is COc1ccc(CCC(=O)C(=O)NC2CCCCC2)cc1. The van der Waals surface area contributed by atoms with Gasteiger partial charge in [0.25, 0.3) is 5.91 Å². The van der Waals surface area contributed by atoms with E-state index in [1.54, 1.807) is 7.11 Å². The summed E-state index contributed by atoms with van der Waals surface area (Å²) in [6.07, 6.45) is 6.36. The lowest BCUT2D eigenvalue weighted by Crippen LogP contribution is -2.40. The predicted octanol–water partition coefficient (Wildman–Crippen LogP) is 2.65. The maximum atomic E-state index is 11.9. The molecule has 0 radical (unpaired) electrons. The molecule has 0 aliphatic heterocycles. The number of ether oxygens (including phenoxy) is 1. The largest absolute Gasteiger partial charge is 0.497 e. The molecule has 4 heteroatoms. The van der Waals surface area contributed by atoms with Gasteiger partial charge in [0.05, 0.1) is 7.11 Å². The summed E-state index contributed by atoms with van der Waals surface area (Å²) >= 11 is 0. The van der Waals surface area contributed by atoms with Gasteiger partial charge >= 0.3 is 0 Å². The molecule has 114 valence electrons. The Labute approximate surface area is 125 Å². The standard InChI is InChI=1S/C17H23NO3/c1-21-15-10-7-13(8-11-15)9-12-16(19)17(20)18-14-5-3-2-4-6-14/h7-8,10-11,14H,2-6,9,12H2,1H3,(H,18,20). The van der Waals surface area contributed by atoms with Crippen LogP contribution >= 0.6 is 0 Å². The van der Waals surface area contributed by atoms with Crippen LogP contribution in [0.4, 0.5) is 0 Å². The smallest absolute Gasteiger partial charge is 0.287 e. The number of benzene rings is 1. The highest BCUT2D eigenvalue weighted by Crippen LogP contribution is 2.17. The molecular formula is C17H23NO3. The van der Waals surface area contributed by atoms with Crippen LogP contribution in [-0.2, 0) is 16.0 Å². The van der Waals surface area contributed by atoms with Crippen LogP contribution in [0.2, 0.25) is 0 Å². The van der Waals surface area contributed by atoms with Gasteiger partial charge in [-0.05, 0) is 37.0 Å². The van der Waals surface area contributed by atoms with Gasteiger partial charge in [-0.2, -0.15) is 0 Å². The van der Waals surface area contributed by atoms with E-state index in [4.69, 9.17) is 4.74 Å². The van der Waals surface area contributed by atoms with Crippen molar-refractivity contribution in [1.82, 2.24) is 5.32 Å². The number of hydrogen-bond acceptors (Lipinski definition) is 3. The summed E-state index contributed by atoms with van der Waals surface area (Å²) in [4.78, 5) is 23.7. The molecule has 1 N–H and O–H groups in total. The molecule has 4 nitrogen and oxygen atoms in total. The van der Waals surface area contributed by atoms with Gasteiger partial charge < -0.3 is 10.1 Å². The number of Topliss-reactive ketones (excluding diaryl/α,β-unsaturated/α-hetero) is 1. The zero-order chi connectivity index (χ0) is 15.1. The second kappa shape index (κ2) is 7.81. The summed E-state index contributed by atoms with van der Waals surface area (Å²) in [6.45, 7) is 0. The first-order valence-corrected chi connectivity index (χ1v) is 7.65. The molecule has 2 rings (SSSR count). The lowest BCUT2D eigenvalue weighted by Gasteiger charge is -2.22. The Morgan fingerprint density at radius 1 is 1.14 bits per heavy atom. The fourth-order valence-corrected chi connectivity index (χ4v) is 2.68. The van der Waals surface area contributed by atoms with Crippen molar-refractivity contribution in [1.29, 1.82) is 0 Å². The number of carbonyl (C=O) groups excluding carboxylic acids is 2. The highest BCUT2D eigenvalue weighted by atomic mass is 16.5. The molecule has 1 fully saturated rings. The van der Waals surface area contributed by atoms with E-state index in [0.717, 1.165) is 37.0 Å². The van der Waals surface area contributed by atoms with E-state index in [9.17, 15) is 9.59 Å². The van der Waals surface area contributed by atoms with Crippen molar-refractivity contribution in [3.05, 3.63) is 29.8 Å². The van der Waals surface area contributed by atoms with Crippen molar-refractivity contribution in [3.63, 3.8) is 0 Å². The highest BCUT2D eigenvalue weighted by molar-refractivity contribution is 6.36. The van der Waals surface area contributed by atoms with Crippen LogP contribution in [0, 0.1) is 0 Å². The Bertz CT molecular complexity index is 475. The van der Waals surface area contributed by atoms with E-state index in [-0.39, 0.29) is 18.2 Å². The summed E-state index contributed by atoms with van der Waals surface area (Å²) in [6, 6.07) is 7.76. The van der Waals surface area contributed by atoms with Crippen molar-refractivity contribution in [2.24, 2.45) is 0 Å². The van der Waals surface area contributed by atoms with Gasteiger partial charge in [0.1, 0.15) is 5.75 Å². The van der Waals surface area contributed by atoms with Crippen LogP contribution in [0.25, 0.3) is 0 Å². The van der Waals surface area contributed by atoms with E-state index in [0.29, 0.717) is 6.42 Å². The van der Waals surface area contributed by atoms with Gasteiger partial charge in [0.15, 0.2) is 0 Å². The van der Waals surface area contributed by atoms with Crippen molar-refractivity contribution >= 4 is 11.7 Å². The third kappa shape index (κ3) is 4.88. The topological polar surface area (TPSA) is 55.4 Å². The molecular weight excluding hydrogens is 266 g/mol. The minimum Gasteiger partial charge on any atom is -0.497 e. The van der Waals surface area contributed by atoms with E-state index >= 15 is 0 Å². The van der Waals surface area contributed by atoms with Crippen LogP contribution in [-0.4, -0.2) is 24.8 Å². The van der Waals surface area contributed by atoms with Crippen molar-refractivity contribution in [2.45, 2.75) is 51.0 Å². The fourth-order valence-electron chi connectivity index (χ4n) is 2.68. The number of amides is 1. The number of aryl methyl sites for hydroxylation is 1. The Morgan fingerprint density at radius 3 is 2.43 bits per heavy atom. The Hall–Kier alpha value is -1.84. The number of hydrogen-bond donors (Lipinski definition) is 1. The average Bonchev–Trinajstić information content (AvgIpc) is 2.54. The molecule has 0 saturated heterocycles. The molecule has 1 aliphatic carbocycles. The lowest BCUT2D eigenvalue weighted by molar-refractivity contribution is -0.138. The zero-order valence-corrected chi connectivity index (χ0v) is 12.6. The third-order valence-electron chi connectivity index (χ3n) is 3.99. The number of ketones is 1. The van der Waals surface area contributed by atoms with Crippen LogP contribution < -0.4 is 10.1 Å². The van der Waals surface area contributed by atoms with Gasteiger partial charge in [0.2, 0.25) is 5.78 Å². The minimum absolute atomic E-state index is 0.191. The number of carbonyl (C=O) groups is 2. The first-order valence-electron chi connectivity index (χ1n) is 7.65. The summed E-state index contributed by atoms with van der Waals surface area (Å²) in [5.41, 5.74) is 1.04. The Kier molecular flexibility index (Phi) is 5.78. The molecule has 21 heavy (non-hydrogen) atoms. The second-order valence-electron chi connectivity index (χ2n) is 5.58. The van der Waals surface area contributed by atoms with Gasteiger partial charge in [-0.1, -0.05) is 31.4 Å². The predicted molar refractivity (Wildman–Crippen MR) is 81.3 cm³/mol. The number of methoxy groups -OCH3 is 1. The molecule has 0 bridgehead atoms. The van der Waals surface area contributed by atoms with E-state index in [1.807, 2.05) is 24.3 Å². The summed E-state index contributed by atoms with van der Waals surface area (Å²) in [5.74, 6) is 0.0481. The molecule has 1 amide bonds. The van der Waals surface area contributed by atoms with Gasteiger partial charge in [-0.3, -0.25) is 9.59 Å². The summed E-state index contributed by atoms with van der Waals surface area (Å²) < 4.78 is 5.09. The molecule has 1 aromatic carbocycles. The van der Waals surface area contributed by atoms with E-state index in [2.05, 4.69) is 5.32 Å². The van der Waals surface area contributed by atoms with Crippen molar-refractivity contribution < 1.29 is 14.3 Å². The quantitative estimate of drug-likeness (QED) is 0.819. The first kappa shape index (κ1) is 15.5. The van der Waals surface area contributed by atoms with Crippen LogP contribution in [0.1, 0.15) is 44.1 Å². The average molecular weight is 289 g/mol. The van der Waals surface area contributed by atoms with Gasteiger partial charge in [-0.15, -0.1) is 0 Å². The maximum Gasteiger partial charge on any atom is 0.287 e. The number of nitrogens with one attached hydrogen (secondary N) is 1. The molecule has 1 aromatic rings. The second-order valence-corrected chi connectivity index (χ2v) is 5.58. The Morgan fingerprint density at radius 2 is 1.81 bits per heavy atom. The molecule has 0 aromatic heterocycles. The zero-order valence-electron chi connectivity index (χ0n) is 12.6. The van der Waals surface area contributed by atoms with Gasteiger partial charge in [-0.25, -0.2) is 0 Å². The van der Waals surface area contributed by atoms with E-state index < -0.39 is 5.91 Å². The minimum atomic E-state index is -0.421. The molecule has 0 unspecified atom stereocenters. The molecule has 0 spiro atoms. The third-order valence-corrected chi connectivity index (χ3v) is 3.99. The molecule has 1 saturated carbocycles. The van der Waals surface area contributed by atoms with Crippen molar-refractivity contribution in [3.8, 4) is 5.75 Å². The first-order chi connectivity index (χ1) is 10.2. The molecule has 1 aliphatic rings. The van der Waals surface area contributed by atoms with Crippen LogP contribution in [0.3, 0.4) is 0 Å². The van der Waals surface area contributed by atoms with Crippen LogP contribution in [0.5, 0.6) is 5.75 Å². The lowest BCUT2D eigenvalue weighted by atomic mass is 9.95. The van der Waals surface area contributed by atoms with Crippen LogP contribution in [0.15, 0.2) is 24.3 Å². The van der Waals surface area contributed by atoms with Gasteiger partial charge in [0, 0.05) is 12.5 Å². The number of rotatable bonds is 6. The fraction of sp³-hybridized carbons (Fsp3) is 0.529. The van der Waals surface area contributed by atoms with E-state index in [1.165, 1.54) is 6.42 Å². The summed E-state index contributed by atoms with van der Waals surface area (Å²) in [7, 11) is 1.62. The Balaban J connectivity index is 1.76. The van der Waals surface area contributed by atoms with Crippen molar-refractivity contribution in [2.75, 3.05) is 7.11 Å². The highest BCUT2D eigenvalue weighted by Gasteiger charge is 2.19. The summed E-state index contributed by atoms with van der Waals surface area (Å²) in [5, 5.41) is 2.86. The maximum absolute atomic E-state index is 11.9. The normalized spacial score (nSPS) is 15.5. The molecule has 0 heterocycles. The molecule has 0 atom stereocenters.